The quantitative estimate of drug-likeness (QED) is 0.272. The minimum absolute atomic E-state index is 0.140. The van der Waals surface area contributed by atoms with Gasteiger partial charge in [-0.2, -0.15) is 0 Å². The first-order valence-corrected chi connectivity index (χ1v) is 4.15. The number of ether oxygens (including phenoxy) is 1. The van der Waals surface area contributed by atoms with E-state index in [0.29, 0.717) is 25.9 Å². The topological polar surface area (TPSA) is 76.2 Å². The van der Waals surface area contributed by atoms with Crippen molar-refractivity contribution < 1.29 is 9.53 Å². The van der Waals surface area contributed by atoms with E-state index in [4.69, 9.17) is 15.9 Å². The normalized spacial score (nSPS) is 9.42. The predicted molar refractivity (Wildman–Crippen MR) is 47.0 cm³/mol. The monoisotopic (exact) mass is 172 g/mol. The molecule has 70 valence electrons. The Kier molecular flexibility index (Phi) is 6.05. The Labute approximate surface area is 72.6 Å². The van der Waals surface area contributed by atoms with Gasteiger partial charge in [0.25, 0.3) is 0 Å². The number of carbonyl (C=O) groups is 1. The summed E-state index contributed by atoms with van der Waals surface area (Å²) in [6.07, 6.45) is 2.43. The van der Waals surface area contributed by atoms with Crippen molar-refractivity contribution in [1.29, 1.82) is 5.41 Å². The van der Waals surface area contributed by atoms with Gasteiger partial charge < -0.3 is 10.5 Å². The van der Waals surface area contributed by atoms with Crippen LogP contribution in [0.25, 0.3) is 0 Å². The van der Waals surface area contributed by atoms with E-state index in [-0.39, 0.29) is 11.8 Å². The molecule has 0 atom stereocenters. The minimum atomic E-state index is -0.166. The van der Waals surface area contributed by atoms with Crippen LogP contribution in [0.1, 0.15) is 32.6 Å². The smallest absolute Gasteiger partial charge is 0.305 e. The number of hydrogen-bond acceptors (Lipinski definition) is 3. The fraction of sp³-hybridized carbons (Fsp3) is 0.750. The Morgan fingerprint density at radius 1 is 1.50 bits per heavy atom. The predicted octanol–water partition coefficient (Wildman–Crippen LogP) is 1.05. The highest BCUT2D eigenvalue weighted by Crippen LogP contribution is 1.94. The Morgan fingerprint density at radius 3 is 2.67 bits per heavy atom. The first-order chi connectivity index (χ1) is 5.66. The van der Waals surface area contributed by atoms with Gasteiger partial charge in [-0.25, -0.2) is 0 Å². The lowest BCUT2D eigenvalue weighted by Gasteiger charge is -2.02. The highest BCUT2D eigenvalue weighted by Gasteiger charge is 1.99. The third kappa shape index (κ3) is 7.05. The molecule has 4 heteroatoms. The fourth-order valence-electron chi connectivity index (χ4n) is 0.725. The van der Waals surface area contributed by atoms with Gasteiger partial charge in [0.1, 0.15) is 0 Å². The number of esters is 1. The third-order valence-electron chi connectivity index (χ3n) is 1.31. The molecule has 0 bridgehead atoms. The second-order valence-corrected chi connectivity index (χ2v) is 2.60. The number of nitrogens with two attached hydrogens (primary N) is 1. The summed E-state index contributed by atoms with van der Waals surface area (Å²) in [5.74, 6) is -0.0254. The molecule has 12 heavy (non-hydrogen) atoms. The van der Waals surface area contributed by atoms with Crippen LogP contribution in [0, 0.1) is 5.41 Å². The van der Waals surface area contributed by atoms with Crippen LogP contribution in [0.3, 0.4) is 0 Å². The van der Waals surface area contributed by atoms with Crippen molar-refractivity contribution in [3.05, 3.63) is 0 Å². The lowest BCUT2D eigenvalue weighted by atomic mass is 10.3. The molecule has 0 heterocycles. The van der Waals surface area contributed by atoms with Crippen LogP contribution in [0.4, 0.5) is 0 Å². The van der Waals surface area contributed by atoms with Crippen molar-refractivity contribution in [2.24, 2.45) is 5.73 Å². The van der Waals surface area contributed by atoms with Crippen LogP contribution in [-0.4, -0.2) is 18.4 Å². The number of rotatable bonds is 6. The molecule has 0 aromatic carbocycles. The van der Waals surface area contributed by atoms with Crippen molar-refractivity contribution in [1.82, 2.24) is 0 Å². The molecule has 0 unspecified atom stereocenters. The summed E-state index contributed by atoms with van der Waals surface area (Å²) in [7, 11) is 0. The molecule has 0 aromatic heterocycles. The summed E-state index contributed by atoms with van der Waals surface area (Å²) in [6, 6.07) is 0. The highest BCUT2D eigenvalue weighted by atomic mass is 16.5. The van der Waals surface area contributed by atoms with Gasteiger partial charge in [-0.15, -0.1) is 0 Å². The van der Waals surface area contributed by atoms with Gasteiger partial charge in [-0.1, -0.05) is 6.92 Å². The molecule has 0 saturated heterocycles. The van der Waals surface area contributed by atoms with Gasteiger partial charge in [-0.05, 0) is 12.8 Å². The lowest BCUT2D eigenvalue weighted by molar-refractivity contribution is -0.143. The average molecular weight is 172 g/mol. The number of nitrogens with one attached hydrogen (secondary N) is 1. The second-order valence-electron chi connectivity index (χ2n) is 2.60. The molecule has 0 fully saturated rings. The molecule has 0 saturated carbocycles. The van der Waals surface area contributed by atoms with Crippen molar-refractivity contribution in [3.8, 4) is 0 Å². The van der Waals surface area contributed by atoms with E-state index >= 15 is 0 Å². The molecular weight excluding hydrogens is 156 g/mol. The van der Waals surface area contributed by atoms with E-state index in [1.54, 1.807) is 0 Å². The number of amidine groups is 1. The Hall–Kier alpha value is -1.06. The van der Waals surface area contributed by atoms with Crippen LogP contribution >= 0.6 is 0 Å². The standard InChI is InChI=1S/C8H16N2O2/c1-2-4-8(11)12-6-3-5-7(9)10/h2-6H2,1H3,(H3,9,10). The molecule has 0 aromatic rings. The van der Waals surface area contributed by atoms with Crippen molar-refractivity contribution in [2.45, 2.75) is 32.6 Å². The first kappa shape index (κ1) is 10.9. The van der Waals surface area contributed by atoms with E-state index < -0.39 is 0 Å². The summed E-state index contributed by atoms with van der Waals surface area (Å²) in [5, 5.41) is 6.90. The molecular formula is C8H16N2O2. The summed E-state index contributed by atoms with van der Waals surface area (Å²) in [4.78, 5) is 10.8. The first-order valence-electron chi connectivity index (χ1n) is 4.15. The lowest BCUT2D eigenvalue weighted by Crippen LogP contribution is -2.11. The van der Waals surface area contributed by atoms with Crippen LogP contribution in [-0.2, 0) is 9.53 Å². The molecule has 0 radical (unpaired) electrons. The molecule has 0 amide bonds. The maximum atomic E-state index is 10.8. The van der Waals surface area contributed by atoms with E-state index in [2.05, 4.69) is 0 Å². The van der Waals surface area contributed by atoms with Gasteiger partial charge in [-0.3, -0.25) is 10.2 Å². The largest absolute Gasteiger partial charge is 0.466 e. The molecule has 4 nitrogen and oxygen atoms in total. The van der Waals surface area contributed by atoms with Crippen molar-refractivity contribution >= 4 is 11.8 Å². The van der Waals surface area contributed by atoms with Crippen molar-refractivity contribution in [2.75, 3.05) is 6.61 Å². The van der Waals surface area contributed by atoms with Crippen molar-refractivity contribution in [3.63, 3.8) is 0 Å². The summed E-state index contributed by atoms with van der Waals surface area (Å²) in [5.41, 5.74) is 5.11. The SMILES string of the molecule is CCCC(=O)OCCCC(=N)N. The molecule has 0 spiro atoms. The third-order valence-corrected chi connectivity index (χ3v) is 1.31. The molecule has 0 aliphatic heterocycles. The van der Waals surface area contributed by atoms with Crippen LogP contribution in [0.2, 0.25) is 0 Å². The molecule has 0 aliphatic carbocycles. The Bertz CT molecular complexity index is 157. The van der Waals surface area contributed by atoms with E-state index in [9.17, 15) is 4.79 Å². The van der Waals surface area contributed by atoms with Gasteiger partial charge in [0.05, 0.1) is 12.4 Å². The van der Waals surface area contributed by atoms with Crippen LogP contribution < -0.4 is 5.73 Å². The average Bonchev–Trinajstić information content (AvgIpc) is 1.98. The second kappa shape index (κ2) is 6.64. The maximum Gasteiger partial charge on any atom is 0.305 e. The van der Waals surface area contributed by atoms with Crippen LogP contribution in [0.5, 0.6) is 0 Å². The number of hydrogen-bond donors (Lipinski definition) is 2. The van der Waals surface area contributed by atoms with Gasteiger partial charge in [0, 0.05) is 12.8 Å². The number of carbonyl (C=O) groups excluding carboxylic acids is 1. The Morgan fingerprint density at radius 2 is 2.17 bits per heavy atom. The summed E-state index contributed by atoms with van der Waals surface area (Å²) >= 11 is 0. The molecule has 3 N–H and O–H groups in total. The Balaban J connectivity index is 3.19. The molecule has 0 aliphatic rings. The zero-order chi connectivity index (χ0) is 9.40. The van der Waals surface area contributed by atoms with Gasteiger partial charge in [0.2, 0.25) is 0 Å². The van der Waals surface area contributed by atoms with Gasteiger partial charge >= 0.3 is 5.97 Å². The maximum absolute atomic E-state index is 10.8. The minimum Gasteiger partial charge on any atom is -0.466 e. The summed E-state index contributed by atoms with van der Waals surface area (Å²) in [6.45, 7) is 2.30. The fourth-order valence-corrected chi connectivity index (χ4v) is 0.725. The van der Waals surface area contributed by atoms with Crippen LogP contribution in [0.15, 0.2) is 0 Å². The van der Waals surface area contributed by atoms with Gasteiger partial charge in [0.15, 0.2) is 0 Å². The van der Waals surface area contributed by atoms with E-state index in [0.717, 1.165) is 6.42 Å². The highest BCUT2D eigenvalue weighted by molar-refractivity contribution is 5.76. The van der Waals surface area contributed by atoms with E-state index in [1.165, 1.54) is 0 Å². The molecule has 0 rings (SSSR count). The van der Waals surface area contributed by atoms with E-state index in [1.807, 2.05) is 6.92 Å². The zero-order valence-corrected chi connectivity index (χ0v) is 7.43. The zero-order valence-electron chi connectivity index (χ0n) is 7.43. The summed E-state index contributed by atoms with van der Waals surface area (Å²) < 4.78 is 4.84.